The topological polar surface area (TPSA) is 141 Å². The van der Waals surface area contributed by atoms with Crippen molar-refractivity contribution in [1.82, 2.24) is 9.80 Å². The van der Waals surface area contributed by atoms with Gasteiger partial charge in [-0.15, -0.1) is 0 Å². The molecule has 2 rings (SSSR count). The highest BCUT2D eigenvalue weighted by Gasteiger charge is 2.44. The van der Waals surface area contributed by atoms with E-state index in [9.17, 15) is 29.6 Å². The average Bonchev–Trinajstić information content (AvgIpc) is 2.65. The van der Waals surface area contributed by atoms with Gasteiger partial charge in [-0.3, -0.25) is 24.6 Å². The number of carboxylic acids is 1. The third-order valence-electron chi connectivity index (χ3n) is 3.03. The molecular formula is C12H11N3O7. The van der Waals surface area contributed by atoms with E-state index in [0.717, 1.165) is 4.90 Å². The number of hydrogen-bond acceptors (Lipinski definition) is 6. The molecule has 10 nitrogen and oxygen atoms in total. The number of nitrogens with zero attached hydrogens (tertiary/aromatic N) is 3. The molecule has 116 valence electrons. The first-order valence-corrected chi connectivity index (χ1v) is 6.06. The third kappa shape index (κ3) is 2.86. The molecule has 1 unspecified atom stereocenters. The summed E-state index contributed by atoms with van der Waals surface area (Å²) < 4.78 is 0. The lowest BCUT2D eigenvalue weighted by molar-refractivity contribution is -0.384. The van der Waals surface area contributed by atoms with E-state index in [2.05, 4.69) is 0 Å². The molecule has 1 aliphatic heterocycles. The third-order valence-corrected chi connectivity index (χ3v) is 3.03. The second-order valence-electron chi connectivity index (χ2n) is 4.53. The van der Waals surface area contributed by atoms with Crippen LogP contribution in [0.15, 0.2) is 24.3 Å². The zero-order chi connectivity index (χ0) is 16.4. The Balaban J connectivity index is 2.20. The van der Waals surface area contributed by atoms with Gasteiger partial charge in [0.1, 0.15) is 6.54 Å². The van der Waals surface area contributed by atoms with Gasteiger partial charge >= 0.3 is 12.0 Å². The van der Waals surface area contributed by atoms with E-state index in [-0.39, 0.29) is 12.2 Å². The summed E-state index contributed by atoms with van der Waals surface area (Å²) in [6, 6.07) is 4.37. The zero-order valence-electron chi connectivity index (χ0n) is 11.1. The summed E-state index contributed by atoms with van der Waals surface area (Å²) in [5.41, 5.74) is 0.124. The number of carbonyl (C=O) groups is 3. The average molecular weight is 309 g/mol. The molecule has 2 N–H and O–H groups in total. The number of aliphatic carboxylic acids is 1. The fraction of sp³-hybridized carbons (Fsp3) is 0.250. The molecular weight excluding hydrogens is 298 g/mol. The molecule has 0 saturated carbocycles. The van der Waals surface area contributed by atoms with E-state index in [1.807, 2.05) is 0 Å². The first kappa shape index (κ1) is 15.4. The van der Waals surface area contributed by atoms with Crippen LogP contribution in [0.25, 0.3) is 0 Å². The minimum Gasteiger partial charge on any atom is -0.480 e. The molecule has 0 bridgehead atoms. The molecule has 1 aromatic carbocycles. The number of aliphatic hydroxyl groups is 1. The van der Waals surface area contributed by atoms with Crippen molar-refractivity contribution in [2.75, 3.05) is 6.54 Å². The standard InChI is InChI=1S/C12H11N3O7/c16-9(17)6-14-11(19)10(18)13(12(14)20)5-7-2-1-3-8(4-7)15(21)22/h1-4,10,18H,5-6H2,(H,16,17). The molecule has 0 aliphatic carbocycles. The SMILES string of the molecule is O=C(O)CN1C(=O)C(O)N(Cc2cccc([N+](=O)[O-])c2)C1=O. The second kappa shape index (κ2) is 5.77. The van der Waals surface area contributed by atoms with E-state index < -0.39 is 35.6 Å². The highest BCUT2D eigenvalue weighted by atomic mass is 16.6. The summed E-state index contributed by atoms with van der Waals surface area (Å²) in [6.07, 6.45) is -1.81. The first-order chi connectivity index (χ1) is 10.3. The maximum absolute atomic E-state index is 12.0. The minimum absolute atomic E-state index is 0.202. The van der Waals surface area contributed by atoms with Crippen molar-refractivity contribution in [1.29, 1.82) is 0 Å². The predicted octanol–water partition coefficient (Wildman–Crippen LogP) is -0.238. The Morgan fingerprint density at radius 1 is 1.36 bits per heavy atom. The van der Waals surface area contributed by atoms with E-state index in [0.29, 0.717) is 10.5 Å². The number of nitro groups is 1. The molecule has 1 heterocycles. The van der Waals surface area contributed by atoms with Crippen LogP contribution in [-0.4, -0.2) is 55.6 Å². The molecule has 1 fully saturated rings. The van der Waals surface area contributed by atoms with Gasteiger partial charge in [-0.05, 0) is 5.56 Å². The maximum atomic E-state index is 12.0. The van der Waals surface area contributed by atoms with Crippen LogP contribution in [0.2, 0.25) is 0 Å². The van der Waals surface area contributed by atoms with Gasteiger partial charge < -0.3 is 10.2 Å². The smallest absolute Gasteiger partial charge is 0.330 e. The van der Waals surface area contributed by atoms with Crippen molar-refractivity contribution in [3.8, 4) is 0 Å². The molecule has 0 radical (unpaired) electrons. The molecule has 1 aromatic rings. The molecule has 1 saturated heterocycles. The number of rotatable bonds is 5. The summed E-state index contributed by atoms with van der Waals surface area (Å²) in [7, 11) is 0. The summed E-state index contributed by atoms with van der Waals surface area (Å²) in [5, 5.41) is 29.1. The van der Waals surface area contributed by atoms with Crippen molar-refractivity contribution in [3.63, 3.8) is 0 Å². The molecule has 22 heavy (non-hydrogen) atoms. The van der Waals surface area contributed by atoms with Crippen LogP contribution in [0.5, 0.6) is 0 Å². The lowest BCUT2D eigenvalue weighted by Gasteiger charge is -2.17. The number of carboxylic acid groups (broad SMARTS) is 1. The molecule has 3 amide bonds. The van der Waals surface area contributed by atoms with Crippen LogP contribution >= 0.6 is 0 Å². The van der Waals surface area contributed by atoms with E-state index in [1.54, 1.807) is 0 Å². The number of nitro benzene ring substituents is 1. The van der Waals surface area contributed by atoms with Gasteiger partial charge in [0, 0.05) is 12.1 Å². The van der Waals surface area contributed by atoms with Crippen molar-refractivity contribution >= 4 is 23.6 Å². The molecule has 10 heteroatoms. The quantitative estimate of drug-likeness (QED) is 0.434. The second-order valence-corrected chi connectivity index (χ2v) is 4.53. The van der Waals surface area contributed by atoms with Gasteiger partial charge in [0.25, 0.3) is 11.6 Å². The lowest BCUT2D eigenvalue weighted by Crippen LogP contribution is -2.36. The zero-order valence-corrected chi connectivity index (χ0v) is 11.1. The lowest BCUT2D eigenvalue weighted by atomic mass is 10.2. The van der Waals surface area contributed by atoms with Gasteiger partial charge in [-0.25, -0.2) is 9.69 Å². The highest BCUT2D eigenvalue weighted by molar-refractivity contribution is 6.05. The van der Waals surface area contributed by atoms with E-state index >= 15 is 0 Å². The normalized spacial score (nSPS) is 18.0. The number of aliphatic hydroxyl groups excluding tert-OH is 1. The Hall–Kier alpha value is -3.01. The van der Waals surface area contributed by atoms with Crippen molar-refractivity contribution in [2.45, 2.75) is 12.8 Å². The van der Waals surface area contributed by atoms with Crippen LogP contribution in [0, 0.1) is 10.1 Å². The summed E-state index contributed by atoms with van der Waals surface area (Å²) >= 11 is 0. The number of benzene rings is 1. The van der Waals surface area contributed by atoms with Crippen LogP contribution in [0.1, 0.15) is 5.56 Å². The van der Waals surface area contributed by atoms with Crippen LogP contribution in [0.4, 0.5) is 10.5 Å². The predicted molar refractivity (Wildman–Crippen MR) is 69.4 cm³/mol. The molecule has 1 aliphatic rings. The monoisotopic (exact) mass is 309 g/mol. The van der Waals surface area contributed by atoms with Gasteiger partial charge in [-0.2, -0.15) is 0 Å². The fourth-order valence-electron chi connectivity index (χ4n) is 2.03. The summed E-state index contributed by atoms with van der Waals surface area (Å²) in [4.78, 5) is 45.5. The Bertz CT molecular complexity index is 660. The largest absolute Gasteiger partial charge is 0.480 e. The summed E-state index contributed by atoms with van der Waals surface area (Å²) in [6.45, 7) is -1.12. The first-order valence-electron chi connectivity index (χ1n) is 6.06. The Morgan fingerprint density at radius 3 is 2.64 bits per heavy atom. The van der Waals surface area contributed by atoms with Crippen LogP contribution < -0.4 is 0 Å². The number of hydrogen-bond donors (Lipinski definition) is 2. The number of urea groups is 1. The summed E-state index contributed by atoms with van der Waals surface area (Å²) in [5.74, 6) is -2.44. The van der Waals surface area contributed by atoms with Crippen molar-refractivity contribution in [2.24, 2.45) is 0 Å². The Kier molecular flexibility index (Phi) is 4.04. The van der Waals surface area contributed by atoms with Gasteiger partial charge in [-0.1, -0.05) is 12.1 Å². The van der Waals surface area contributed by atoms with Crippen molar-refractivity contribution in [3.05, 3.63) is 39.9 Å². The minimum atomic E-state index is -1.81. The number of carbonyl (C=O) groups excluding carboxylic acids is 2. The molecule has 0 spiro atoms. The van der Waals surface area contributed by atoms with Crippen molar-refractivity contribution < 1.29 is 29.5 Å². The van der Waals surface area contributed by atoms with E-state index in [1.165, 1.54) is 24.3 Å². The highest BCUT2D eigenvalue weighted by Crippen LogP contribution is 2.21. The number of imide groups is 1. The van der Waals surface area contributed by atoms with E-state index in [4.69, 9.17) is 5.11 Å². The number of non-ortho nitro benzene ring substituents is 1. The fourth-order valence-corrected chi connectivity index (χ4v) is 2.03. The Labute approximate surface area is 123 Å². The molecule has 1 atom stereocenters. The van der Waals surface area contributed by atoms with Crippen LogP contribution in [-0.2, 0) is 16.1 Å². The van der Waals surface area contributed by atoms with Crippen LogP contribution in [0.3, 0.4) is 0 Å². The van der Waals surface area contributed by atoms with Gasteiger partial charge in [0.15, 0.2) is 0 Å². The number of amides is 3. The molecule has 0 aromatic heterocycles. The Morgan fingerprint density at radius 2 is 2.05 bits per heavy atom. The van der Waals surface area contributed by atoms with Gasteiger partial charge in [0.2, 0.25) is 6.23 Å². The maximum Gasteiger partial charge on any atom is 0.330 e. The van der Waals surface area contributed by atoms with Gasteiger partial charge in [0.05, 0.1) is 11.5 Å².